The summed E-state index contributed by atoms with van der Waals surface area (Å²) >= 11 is 0. The Hall–Kier alpha value is -1.02. The van der Waals surface area contributed by atoms with Gasteiger partial charge in [0.2, 0.25) is 0 Å². The number of hydrogen-bond donors (Lipinski definition) is 2. The lowest BCUT2D eigenvalue weighted by Crippen LogP contribution is -2.36. The Morgan fingerprint density at radius 2 is 1.69 bits per heavy atom. The Balaban J connectivity index is 2.07. The molecule has 2 N–H and O–H groups in total. The van der Waals surface area contributed by atoms with Crippen molar-refractivity contribution in [1.82, 2.24) is 0 Å². The zero-order chi connectivity index (χ0) is 11.5. The largest absolute Gasteiger partial charge is 0.391 e. The molecule has 0 aromatic heterocycles. The van der Waals surface area contributed by atoms with Crippen molar-refractivity contribution in [1.29, 1.82) is 0 Å². The Morgan fingerprint density at radius 1 is 1.06 bits per heavy atom. The number of aryl methyl sites for hydroxylation is 2. The third-order valence-electron chi connectivity index (χ3n) is 3.30. The van der Waals surface area contributed by atoms with Crippen LogP contribution in [0.5, 0.6) is 0 Å². The molecule has 0 saturated heterocycles. The van der Waals surface area contributed by atoms with Crippen molar-refractivity contribution in [3.8, 4) is 0 Å². The first-order chi connectivity index (χ1) is 7.65. The van der Waals surface area contributed by atoms with Crippen molar-refractivity contribution in [3.05, 3.63) is 29.3 Å². The summed E-state index contributed by atoms with van der Waals surface area (Å²) in [6.07, 6.45) is 4.21. The molecule has 2 nitrogen and oxygen atoms in total. The van der Waals surface area contributed by atoms with Crippen LogP contribution in [0.25, 0.3) is 0 Å². The lowest BCUT2D eigenvalue weighted by molar-refractivity contribution is 0.116. The van der Waals surface area contributed by atoms with Crippen LogP contribution in [0.4, 0.5) is 5.69 Å². The molecule has 16 heavy (non-hydrogen) atoms. The minimum atomic E-state index is -0.186. The van der Waals surface area contributed by atoms with Gasteiger partial charge in [-0.3, -0.25) is 0 Å². The van der Waals surface area contributed by atoms with Gasteiger partial charge >= 0.3 is 0 Å². The van der Waals surface area contributed by atoms with Crippen molar-refractivity contribution in [3.63, 3.8) is 0 Å². The number of aliphatic hydroxyl groups is 1. The number of anilines is 1. The molecule has 1 saturated carbocycles. The first-order valence-electron chi connectivity index (χ1n) is 6.18. The third kappa shape index (κ3) is 2.76. The fourth-order valence-electron chi connectivity index (χ4n) is 2.55. The first-order valence-corrected chi connectivity index (χ1v) is 6.18. The van der Waals surface area contributed by atoms with E-state index in [1.165, 1.54) is 17.5 Å². The smallest absolute Gasteiger partial charge is 0.0741 e. The maximum absolute atomic E-state index is 9.91. The molecule has 0 amide bonds. The van der Waals surface area contributed by atoms with Gasteiger partial charge in [-0.2, -0.15) is 0 Å². The molecule has 0 bridgehead atoms. The van der Waals surface area contributed by atoms with Crippen LogP contribution in [-0.2, 0) is 0 Å². The van der Waals surface area contributed by atoms with Gasteiger partial charge in [0.25, 0.3) is 0 Å². The van der Waals surface area contributed by atoms with Gasteiger partial charge in [0.05, 0.1) is 12.1 Å². The van der Waals surface area contributed by atoms with E-state index in [1.54, 1.807) is 0 Å². The normalized spacial score (nSPS) is 25.4. The third-order valence-corrected chi connectivity index (χ3v) is 3.30. The van der Waals surface area contributed by atoms with Crippen LogP contribution in [0.15, 0.2) is 18.2 Å². The summed E-state index contributed by atoms with van der Waals surface area (Å²) in [5.74, 6) is 0. The van der Waals surface area contributed by atoms with Crippen LogP contribution in [0.3, 0.4) is 0 Å². The van der Waals surface area contributed by atoms with Gasteiger partial charge in [0.15, 0.2) is 0 Å². The van der Waals surface area contributed by atoms with Gasteiger partial charge in [-0.25, -0.2) is 0 Å². The predicted molar refractivity (Wildman–Crippen MR) is 67.8 cm³/mol. The highest BCUT2D eigenvalue weighted by Gasteiger charge is 2.22. The Kier molecular flexibility index (Phi) is 3.49. The number of rotatable bonds is 2. The molecule has 88 valence electrons. The molecule has 1 aliphatic rings. The molecule has 2 atom stereocenters. The second-order valence-electron chi connectivity index (χ2n) is 4.98. The first kappa shape index (κ1) is 11.5. The number of benzene rings is 1. The molecule has 0 radical (unpaired) electrons. The summed E-state index contributed by atoms with van der Waals surface area (Å²) in [5, 5.41) is 13.4. The molecule has 1 aliphatic carbocycles. The fourth-order valence-corrected chi connectivity index (χ4v) is 2.55. The van der Waals surface area contributed by atoms with Crippen LogP contribution < -0.4 is 5.32 Å². The molecule has 0 aliphatic heterocycles. The second-order valence-corrected chi connectivity index (χ2v) is 4.98. The van der Waals surface area contributed by atoms with Gasteiger partial charge in [-0.1, -0.05) is 18.9 Å². The van der Waals surface area contributed by atoms with E-state index >= 15 is 0 Å². The van der Waals surface area contributed by atoms with E-state index in [9.17, 15) is 5.11 Å². The summed E-state index contributed by atoms with van der Waals surface area (Å²) in [5.41, 5.74) is 3.68. The van der Waals surface area contributed by atoms with Crippen LogP contribution in [-0.4, -0.2) is 17.3 Å². The van der Waals surface area contributed by atoms with Crippen molar-refractivity contribution in [2.75, 3.05) is 5.32 Å². The van der Waals surface area contributed by atoms with Crippen LogP contribution in [0.1, 0.15) is 36.8 Å². The summed E-state index contributed by atoms with van der Waals surface area (Å²) in [7, 11) is 0. The van der Waals surface area contributed by atoms with E-state index in [0.29, 0.717) is 0 Å². The predicted octanol–water partition coefficient (Wildman–Crippen LogP) is 3.02. The highest BCUT2D eigenvalue weighted by Crippen LogP contribution is 2.23. The molecule has 0 spiro atoms. The standard InChI is InChI=1S/C14H21NO/c1-10-7-11(2)9-12(8-10)15-13-5-3-4-6-14(13)16/h7-9,13-16H,3-6H2,1-2H3/t13-,14-/m0/s1. The van der Waals surface area contributed by atoms with Crippen LogP contribution in [0.2, 0.25) is 0 Å². The van der Waals surface area contributed by atoms with E-state index in [0.717, 1.165) is 24.9 Å². The highest BCUT2D eigenvalue weighted by molar-refractivity contribution is 5.49. The molecule has 0 unspecified atom stereocenters. The van der Waals surface area contributed by atoms with Gasteiger partial charge in [-0.15, -0.1) is 0 Å². The average Bonchev–Trinajstić information content (AvgIpc) is 2.20. The van der Waals surface area contributed by atoms with E-state index < -0.39 is 0 Å². The Morgan fingerprint density at radius 3 is 2.31 bits per heavy atom. The van der Waals surface area contributed by atoms with Crippen molar-refractivity contribution < 1.29 is 5.11 Å². The van der Waals surface area contributed by atoms with Crippen molar-refractivity contribution >= 4 is 5.69 Å². The van der Waals surface area contributed by atoms with E-state index in [4.69, 9.17) is 0 Å². The number of nitrogens with one attached hydrogen (secondary N) is 1. The molecular formula is C14H21NO. The van der Waals surface area contributed by atoms with Gasteiger partial charge < -0.3 is 10.4 Å². The second kappa shape index (κ2) is 4.88. The van der Waals surface area contributed by atoms with Crippen molar-refractivity contribution in [2.45, 2.75) is 51.7 Å². The zero-order valence-electron chi connectivity index (χ0n) is 10.2. The quantitative estimate of drug-likeness (QED) is 0.801. The molecule has 1 aromatic carbocycles. The summed E-state index contributed by atoms with van der Waals surface area (Å²) in [6, 6.07) is 6.69. The number of aliphatic hydroxyl groups excluding tert-OH is 1. The van der Waals surface area contributed by atoms with Gasteiger partial charge in [0.1, 0.15) is 0 Å². The molecule has 2 rings (SSSR count). The molecular weight excluding hydrogens is 198 g/mol. The van der Waals surface area contributed by atoms with E-state index in [1.807, 2.05) is 0 Å². The van der Waals surface area contributed by atoms with Gasteiger partial charge in [-0.05, 0) is 49.9 Å². The fraction of sp³-hybridized carbons (Fsp3) is 0.571. The maximum atomic E-state index is 9.91. The van der Waals surface area contributed by atoms with Crippen LogP contribution >= 0.6 is 0 Å². The number of hydrogen-bond acceptors (Lipinski definition) is 2. The minimum absolute atomic E-state index is 0.186. The van der Waals surface area contributed by atoms with E-state index in [-0.39, 0.29) is 12.1 Å². The van der Waals surface area contributed by atoms with Gasteiger partial charge in [0, 0.05) is 5.69 Å². The molecule has 2 heteroatoms. The topological polar surface area (TPSA) is 32.3 Å². The summed E-state index contributed by atoms with van der Waals surface area (Å²) in [4.78, 5) is 0. The zero-order valence-corrected chi connectivity index (χ0v) is 10.2. The highest BCUT2D eigenvalue weighted by atomic mass is 16.3. The SMILES string of the molecule is Cc1cc(C)cc(N[C@H]2CCCC[C@@H]2O)c1. The molecule has 0 heterocycles. The lowest BCUT2D eigenvalue weighted by atomic mass is 9.92. The summed E-state index contributed by atoms with van der Waals surface area (Å²) < 4.78 is 0. The molecule has 1 fully saturated rings. The van der Waals surface area contributed by atoms with E-state index in [2.05, 4.69) is 37.4 Å². The monoisotopic (exact) mass is 219 g/mol. The van der Waals surface area contributed by atoms with Crippen molar-refractivity contribution in [2.24, 2.45) is 0 Å². The average molecular weight is 219 g/mol. The molecule has 1 aromatic rings. The summed E-state index contributed by atoms with van der Waals surface area (Å²) in [6.45, 7) is 4.21. The van der Waals surface area contributed by atoms with Crippen LogP contribution in [0, 0.1) is 13.8 Å². The lowest BCUT2D eigenvalue weighted by Gasteiger charge is -2.29. The Labute approximate surface area is 97.7 Å². The maximum Gasteiger partial charge on any atom is 0.0741 e. The minimum Gasteiger partial charge on any atom is -0.391 e. The Bertz CT molecular complexity index is 342.